The zero-order chi connectivity index (χ0) is 15.7. The summed E-state index contributed by atoms with van der Waals surface area (Å²) in [7, 11) is 0. The number of urea groups is 1. The van der Waals surface area contributed by atoms with Crippen LogP contribution in [-0.2, 0) is 12.0 Å². The van der Waals surface area contributed by atoms with E-state index in [1.807, 2.05) is 26.8 Å². The highest BCUT2D eigenvalue weighted by molar-refractivity contribution is 5.88. The van der Waals surface area contributed by atoms with E-state index in [4.69, 9.17) is 4.42 Å². The lowest BCUT2D eigenvalue weighted by molar-refractivity contribution is 0.246. The third-order valence-electron chi connectivity index (χ3n) is 3.88. The largest absolute Gasteiger partial charge is 0.469 e. The predicted octanol–water partition coefficient (Wildman–Crippen LogP) is 3.43. The molecule has 0 bridgehead atoms. The number of carbonyl (C=O) groups excluding carboxylic acids is 1. The molecular formula is C16H22N4O2. The monoisotopic (exact) mass is 302 g/mol. The van der Waals surface area contributed by atoms with E-state index >= 15 is 0 Å². The fourth-order valence-corrected chi connectivity index (χ4v) is 2.88. The SMILES string of the molecule is CC(C)(C)n1nccc1NC(=O)N[C@@H]1CCCc2occc21. The molecule has 0 spiro atoms. The van der Waals surface area contributed by atoms with E-state index in [0.717, 1.165) is 30.6 Å². The average Bonchev–Trinajstić information content (AvgIpc) is 3.06. The number of aryl methyl sites for hydroxylation is 1. The molecule has 0 aromatic carbocycles. The molecule has 6 heteroatoms. The Kier molecular flexibility index (Phi) is 3.68. The first-order valence-electron chi connectivity index (χ1n) is 7.63. The second kappa shape index (κ2) is 5.51. The molecule has 2 aromatic rings. The van der Waals surface area contributed by atoms with Gasteiger partial charge in [0.25, 0.3) is 0 Å². The molecule has 6 nitrogen and oxygen atoms in total. The maximum absolute atomic E-state index is 12.3. The summed E-state index contributed by atoms with van der Waals surface area (Å²) in [6.45, 7) is 6.13. The van der Waals surface area contributed by atoms with Gasteiger partial charge in [-0.05, 0) is 39.7 Å². The van der Waals surface area contributed by atoms with E-state index in [1.54, 1.807) is 23.2 Å². The second-order valence-electron chi connectivity index (χ2n) is 6.64. The van der Waals surface area contributed by atoms with Gasteiger partial charge in [-0.1, -0.05) is 0 Å². The zero-order valence-corrected chi connectivity index (χ0v) is 13.2. The van der Waals surface area contributed by atoms with E-state index < -0.39 is 0 Å². The van der Waals surface area contributed by atoms with Crippen molar-refractivity contribution in [2.24, 2.45) is 0 Å². The van der Waals surface area contributed by atoms with E-state index in [2.05, 4.69) is 15.7 Å². The Morgan fingerprint density at radius 1 is 1.41 bits per heavy atom. The number of nitrogens with one attached hydrogen (secondary N) is 2. The second-order valence-corrected chi connectivity index (χ2v) is 6.64. The number of nitrogens with zero attached hydrogens (tertiary/aromatic N) is 2. The molecule has 0 radical (unpaired) electrons. The summed E-state index contributed by atoms with van der Waals surface area (Å²) in [5, 5.41) is 10.2. The molecule has 1 atom stereocenters. The quantitative estimate of drug-likeness (QED) is 0.892. The lowest BCUT2D eigenvalue weighted by atomic mass is 9.93. The van der Waals surface area contributed by atoms with Crippen LogP contribution in [0.4, 0.5) is 10.6 Å². The molecule has 0 unspecified atom stereocenters. The summed E-state index contributed by atoms with van der Waals surface area (Å²) >= 11 is 0. The van der Waals surface area contributed by atoms with Crippen molar-refractivity contribution in [2.75, 3.05) is 5.32 Å². The van der Waals surface area contributed by atoms with Crippen LogP contribution in [0.3, 0.4) is 0 Å². The number of fused-ring (bicyclic) bond motifs is 1. The molecule has 2 heterocycles. The lowest BCUT2D eigenvalue weighted by Crippen LogP contribution is -2.35. The van der Waals surface area contributed by atoms with Gasteiger partial charge >= 0.3 is 6.03 Å². The van der Waals surface area contributed by atoms with E-state index in [9.17, 15) is 4.79 Å². The third-order valence-corrected chi connectivity index (χ3v) is 3.88. The minimum atomic E-state index is -0.218. The van der Waals surface area contributed by atoms with Gasteiger partial charge in [0.05, 0.1) is 24.0 Å². The van der Waals surface area contributed by atoms with Crippen molar-refractivity contribution in [2.45, 2.75) is 51.6 Å². The highest BCUT2D eigenvalue weighted by Crippen LogP contribution is 2.30. The zero-order valence-electron chi connectivity index (χ0n) is 13.2. The molecule has 0 fully saturated rings. The highest BCUT2D eigenvalue weighted by Gasteiger charge is 2.25. The normalized spacial score (nSPS) is 17.9. The maximum Gasteiger partial charge on any atom is 0.320 e. The summed E-state index contributed by atoms with van der Waals surface area (Å²) in [6, 6.07) is 3.53. The fourth-order valence-electron chi connectivity index (χ4n) is 2.88. The van der Waals surface area contributed by atoms with Gasteiger partial charge < -0.3 is 9.73 Å². The molecule has 2 aromatic heterocycles. The van der Waals surface area contributed by atoms with Crippen LogP contribution in [0.15, 0.2) is 29.0 Å². The maximum atomic E-state index is 12.3. The summed E-state index contributed by atoms with van der Waals surface area (Å²) in [5.41, 5.74) is 0.903. The Morgan fingerprint density at radius 2 is 2.23 bits per heavy atom. The van der Waals surface area contributed by atoms with E-state index in [0.29, 0.717) is 5.82 Å². The fraction of sp³-hybridized carbons (Fsp3) is 0.500. The summed E-state index contributed by atoms with van der Waals surface area (Å²) in [6.07, 6.45) is 6.27. The van der Waals surface area contributed by atoms with Crippen LogP contribution >= 0.6 is 0 Å². The van der Waals surface area contributed by atoms with Crippen LogP contribution < -0.4 is 10.6 Å². The summed E-state index contributed by atoms with van der Waals surface area (Å²) in [5.74, 6) is 1.67. The highest BCUT2D eigenvalue weighted by atomic mass is 16.3. The lowest BCUT2D eigenvalue weighted by Gasteiger charge is -2.25. The number of hydrogen-bond acceptors (Lipinski definition) is 3. The summed E-state index contributed by atoms with van der Waals surface area (Å²) in [4.78, 5) is 12.3. The molecule has 3 rings (SSSR count). The van der Waals surface area contributed by atoms with Crippen molar-refractivity contribution in [3.8, 4) is 0 Å². The Balaban J connectivity index is 1.69. The van der Waals surface area contributed by atoms with Crippen LogP contribution in [0.25, 0.3) is 0 Å². The molecule has 2 amide bonds. The summed E-state index contributed by atoms with van der Waals surface area (Å²) < 4.78 is 7.25. The Bertz CT molecular complexity index is 666. The number of aromatic nitrogens is 2. The average molecular weight is 302 g/mol. The molecule has 1 aliphatic rings. The van der Waals surface area contributed by atoms with Gasteiger partial charge in [0.1, 0.15) is 11.6 Å². The Hall–Kier alpha value is -2.24. The number of carbonyl (C=O) groups is 1. The van der Waals surface area contributed by atoms with Crippen molar-refractivity contribution in [1.29, 1.82) is 0 Å². The molecule has 0 saturated carbocycles. The molecule has 118 valence electrons. The first-order chi connectivity index (χ1) is 10.4. The van der Waals surface area contributed by atoms with Crippen molar-refractivity contribution < 1.29 is 9.21 Å². The first-order valence-corrected chi connectivity index (χ1v) is 7.63. The van der Waals surface area contributed by atoms with Gasteiger partial charge in [-0.15, -0.1) is 0 Å². The number of hydrogen-bond donors (Lipinski definition) is 2. The Morgan fingerprint density at radius 3 is 3.00 bits per heavy atom. The van der Waals surface area contributed by atoms with E-state index in [1.165, 1.54) is 0 Å². The number of furan rings is 1. The van der Waals surface area contributed by atoms with Crippen LogP contribution in [0, 0.1) is 0 Å². The Labute approximate surface area is 129 Å². The molecular weight excluding hydrogens is 280 g/mol. The van der Waals surface area contributed by atoms with E-state index in [-0.39, 0.29) is 17.6 Å². The van der Waals surface area contributed by atoms with Crippen molar-refractivity contribution in [3.05, 3.63) is 35.9 Å². The van der Waals surface area contributed by atoms with Gasteiger partial charge in [0.2, 0.25) is 0 Å². The van der Waals surface area contributed by atoms with Gasteiger partial charge in [-0.25, -0.2) is 9.48 Å². The smallest absolute Gasteiger partial charge is 0.320 e. The standard InChI is InChI=1S/C16H22N4O2/c1-16(2,3)20-14(7-9-17-20)19-15(21)18-12-5-4-6-13-11(12)8-10-22-13/h7-10,12H,4-6H2,1-3H3,(H2,18,19,21)/t12-/m1/s1. The first kappa shape index (κ1) is 14.7. The van der Waals surface area contributed by atoms with Gasteiger partial charge in [-0.3, -0.25) is 5.32 Å². The molecule has 0 saturated heterocycles. The number of amides is 2. The van der Waals surface area contributed by atoms with Crippen molar-refractivity contribution in [1.82, 2.24) is 15.1 Å². The van der Waals surface area contributed by atoms with Crippen LogP contribution in [0.1, 0.15) is 51.0 Å². The van der Waals surface area contributed by atoms with Crippen LogP contribution in [-0.4, -0.2) is 15.8 Å². The molecule has 22 heavy (non-hydrogen) atoms. The van der Waals surface area contributed by atoms with Crippen molar-refractivity contribution >= 4 is 11.8 Å². The number of rotatable bonds is 2. The van der Waals surface area contributed by atoms with Crippen molar-refractivity contribution in [3.63, 3.8) is 0 Å². The predicted molar refractivity (Wildman–Crippen MR) is 83.8 cm³/mol. The van der Waals surface area contributed by atoms with Gasteiger partial charge in [0.15, 0.2) is 0 Å². The third kappa shape index (κ3) is 2.86. The van der Waals surface area contributed by atoms with Gasteiger partial charge in [0, 0.05) is 18.1 Å². The van der Waals surface area contributed by atoms with Gasteiger partial charge in [-0.2, -0.15) is 5.10 Å². The molecule has 1 aliphatic carbocycles. The topological polar surface area (TPSA) is 72.1 Å². The molecule has 2 N–H and O–H groups in total. The molecule has 0 aliphatic heterocycles. The minimum absolute atomic E-state index is 0.00788. The minimum Gasteiger partial charge on any atom is -0.469 e. The van der Waals surface area contributed by atoms with Crippen LogP contribution in [0.2, 0.25) is 0 Å². The van der Waals surface area contributed by atoms with Crippen LogP contribution in [0.5, 0.6) is 0 Å². The number of anilines is 1.